The van der Waals surface area contributed by atoms with E-state index in [0.29, 0.717) is 5.92 Å². The summed E-state index contributed by atoms with van der Waals surface area (Å²) < 4.78 is 2.50. The first-order chi connectivity index (χ1) is 13.8. The third kappa shape index (κ3) is 3.49. The second-order valence-electron chi connectivity index (χ2n) is 8.03. The van der Waals surface area contributed by atoms with E-state index < -0.39 is 0 Å². The van der Waals surface area contributed by atoms with Gasteiger partial charge in [-0.25, -0.2) is 4.31 Å². The lowest BCUT2D eigenvalue weighted by Crippen LogP contribution is -2.10. The van der Waals surface area contributed by atoms with Crippen LogP contribution in [0.5, 0.6) is 0 Å². The summed E-state index contributed by atoms with van der Waals surface area (Å²) in [5.41, 5.74) is 8.62. The Morgan fingerprint density at radius 3 is 2.82 bits per heavy atom. The van der Waals surface area contributed by atoms with Gasteiger partial charge in [-0.2, -0.15) is 0 Å². The predicted octanol–water partition coefficient (Wildman–Crippen LogP) is 6.09. The molecular weight excluding hydrogens is 360 g/mol. The summed E-state index contributed by atoms with van der Waals surface area (Å²) in [5, 5.41) is 0. The zero-order valence-electron chi connectivity index (χ0n) is 16.4. The second-order valence-corrected chi connectivity index (χ2v) is 9.20. The van der Waals surface area contributed by atoms with Crippen LogP contribution in [0.2, 0.25) is 0 Å². The van der Waals surface area contributed by atoms with Crippen LogP contribution in [0.25, 0.3) is 5.57 Å². The fourth-order valence-electron chi connectivity index (χ4n) is 4.54. The number of allylic oxidation sites excluding steroid dienone is 5. The molecule has 2 heterocycles. The highest BCUT2D eigenvalue weighted by Gasteiger charge is 2.29. The van der Waals surface area contributed by atoms with Crippen molar-refractivity contribution in [3.8, 4) is 0 Å². The van der Waals surface area contributed by atoms with Crippen molar-refractivity contribution in [3.63, 3.8) is 0 Å². The topological polar surface area (TPSA) is 16.1 Å². The van der Waals surface area contributed by atoms with Gasteiger partial charge in [-0.3, -0.25) is 4.98 Å². The van der Waals surface area contributed by atoms with Crippen LogP contribution in [0.1, 0.15) is 37.4 Å². The highest BCUT2D eigenvalue weighted by atomic mass is 32.2. The maximum Gasteiger partial charge on any atom is 0.0740 e. The first kappa shape index (κ1) is 18.0. The van der Waals surface area contributed by atoms with Crippen molar-refractivity contribution in [3.05, 3.63) is 88.8 Å². The molecule has 3 heteroatoms. The first-order valence-electron chi connectivity index (χ1n) is 10.3. The number of hydrogen-bond donors (Lipinski definition) is 0. The Morgan fingerprint density at radius 2 is 1.93 bits per heavy atom. The van der Waals surface area contributed by atoms with Gasteiger partial charge in [0.05, 0.1) is 5.69 Å². The molecule has 1 saturated heterocycles. The Morgan fingerprint density at radius 1 is 1.04 bits per heavy atom. The van der Waals surface area contributed by atoms with E-state index in [0.717, 1.165) is 32.4 Å². The summed E-state index contributed by atoms with van der Waals surface area (Å²) in [4.78, 5) is 6.20. The van der Waals surface area contributed by atoms with Crippen molar-refractivity contribution in [2.75, 3.05) is 13.1 Å². The highest BCUT2D eigenvalue weighted by Crippen LogP contribution is 2.43. The quantitative estimate of drug-likeness (QED) is 0.581. The minimum atomic E-state index is 0.607. The van der Waals surface area contributed by atoms with Crippen molar-refractivity contribution >= 4 is 17.5 Å². The summed E-state index contributed by atoms with van der Waals surface area (Å²) >= 11 is 1.88. The Kier molecular flexibility index (Phi) is 4.96. The van der Waals surface area contributed by atoms with E-state index in [4.69, 9.17) is 4.98 Å². The normalized spacial score (nSPS) is 24.8. The van der Waals surface area contributed by atoms with E-state index >= 15 is 0 Å². The minimum absolute atomic E-state index is 0.607. The molecule has 0 saturated carbocycles. The Balaban J connectivity index is 1.54. The predicted molar refractivity (Wildman–Crippen MR) is 118 cm³/mol. The molecule has 1 aliphatic heterocycles. The molecule has 2 aliphatic carbocycles. The van der Waals surface area contributed by atoms with Crippen LogP contribution in [-0.4, -0.2) is 22.4 Å². The number of nitrogens with zero attached hydrogens (tertiary/aromatic N) is 2. The van der Waals surface area contributed by atoms with Crippen molar-refractivity contribution in [1.29, 1.82) is 0 Å². The molecule has 1 fully saturated rings. The zero-order chi connectivity index (χ0) is 18.9. The van der Waals surface area contributed by atoms with Gasteiger partial charge in [0, 0.05) is 29.8 Å². The van der Waals surface area contributed by atoms with Gasteiger partial charge in [-0.05, 0) is 84.0 Å². The van der Waals surface area contributed by atoms with Crippen LogP contribution in [0.3, 0.4) is 0 Å². The number of rotatable bonds is 2. The first-order valence-corrected chi connectivity index (χ1v) is 11.1. The summed E-state index contributed by atoms with van der Waals surface area (Å²) in [6.45, 7) is 4.45. The molecule has 1 aromatic heterocycles. The SMILES string of the molecule is CC1C=C2C(=CC1)CCc1cccnc1/C2=C1/CCN(Sc2ccccc2)C1. The maximum atomic E-state index is 4.88. The van der Waals surface area contributed by atoms with Crippen molar-refractivity contribution in [2.24, 2.45) is 5.92 Å². The number of aromatic nitrogens is 1. The molecule has 1 aromatic carbocycles. The van der Waals surface area contributed by atoms with Gasteiger partial charge >= 0.3 is 0 Å². The smallest absolute Gasteiger partial charge is 0.0740 e. The fraction of sp³-hybridized carbons (Fsp3) is 0.320. The molecular formula is C25H26N2S. The number of fused-ring (bicyclic) bond motifs is 2. The molecule has 0 bridgehead atoms. The maximum absolute atomic E-state index is 4.88. The molecule has 0 spiro atoms. The third-order valence-electron chi connectivity index (χ3n) is 5.96. The van der Waals surface area contributed by atoms with E-state index in [1.54, 1.807) is 5.57 Å². The van der Waals surface area contributed by atoms with E-state index in [-0.39, 0.29) is 0 Å². The van der Waals surface area contributed by atoms with Gasteiger partial charge in [-0.15, -0.1) is 0 Å². The average Bonchev–Trinajstić information content (AvgIpc) is 3.10. The van der Waals surface area contributed by atoms with Crippen molar-refractivity contribution in [1.82, 2.24) is 9.29 Å². The van der Waals surface area contributed by atoms with E-state index in [2.05, 4.69) is 65.8 Å². The van der Waals surface area contributed by atoms with Gasteiger partial charge in [0.2, 0.25) is 0 Å². The molecule has 142 valence electrons. The Bertz CT molecular complexity index is 971. The van der Waals surface area contributed by atoms with Crippen LogP contribution in [-0.2, 0) is 6.42 Å². The number of benzene rings is 1. The molecule has 5 rings (SSSR count). The number of pyridine rings is 1. The monoisotopic (exact) mass is 386 g/mol. The highest BCUT2D eigenvalue weighted by molar-refractivity contribution is 7.97. The zero-order valence-corrected chi connectivity index (χ0v) is 17.2. The lowest BCUT2D eigenvalue weighted by Gasteiger charge is -2.22. The van der Waals surface area contributed by atoms with Crippen LogP contribution in [0.4, 0.5) is 0 Å². The van der Waals surface area contributed by atoms with E-state index in [1.165, 1.54) is 39.3 Å². The molecule has 2 aromatic rings. The van der Waals surface area contributed by atoms with Crippen LogP contribution in [0.15, 0.2) is 82.4 Å². The summed E-state index contributed by atoms with van der Waals surface area (Å²) in [5.74, 6) is 0.607. The molecule has 0 N–H and O–H groups in total. The van der Waals surface area contributed by atoms with Gasteiger partial charge in [0.25, 0.3) is 0 Å². The molecule has 0 radical (unpaired) electrons. The van der Waals surface area contributed by atoms with Crippen LogP contribution >= 0.6 is 11.9 Å². The number of aryl methyl sites for hydroxylation is 1. The molecule has 2 nitrogen and oxygen atoms in total. The summed E-state index contributed by atoms with van der Waals surface area (Å²) in [6, 6.07) is 15.1. The Hall–Kier alpha value is -2.10. The van der Waals surface area contributed by atoms with Crippen LogP contribution in [0, 0.1) is 5.92 Å². The average molecular weight is 387 g/mol. The minimum Gasteiger partial charge on any atom is -0.256 e. The summed E-state index contributed by atoms with van der Waals surface area (Å²) in [7, 11) is 0. The van der Waals surface area contributed by atoms with Crippen LogP contribution < -0.4 is 0 Å². The van der Waals surface area contributed by atoms with Gasteiger partial charge in [0.15, 0.2) is 0 Å². The lowest BCUT2D eigenvalue weighted by molar-refractivity contribution is 0.595. The molecule has 1 atom stereocenters. The largest absolute Gasteiger partial charge is 0.256 e. The van der Waals surface area contributed by atoms with Crippen molar-refractivity contribution in [2.45, 2.75) is 37.5 Å². The standard InChI is InChI=1S/C25H26N2S/c1-18-9-10-19-11-12-20-6-5-14-26-25(20)24(23(19)16-18)21-13-15-27(17-21)28-22-7-3-2-4-8-22/h2-8,10,14,16,18H,9,11-13,15,17H2,1H3/b24-21-. The molecule has 1 unspecified atom stereocenters. The summed E-state index contributed by atoms with van der Waals surface area (Å²) in [6.07, 6.45) is 11.5. The molecule has 3 aliphatic rings. The van der Waals surface area contributed by atoms with Gasteiger partial charge in [0.1, 0.15) is 0 Å². The molecule has 28 heavy (non-hydrogen) atoms. The van der Waals surface area contributed by atoms with Gasteiger partial charge in [-0.1, -0.05) is 43.3 Å². The lowest BCUT2D eigenvalue weighted by atomic mass is 9.84. The second kappa shape index (κ2) is 7.73. The third-order valence-corrected chi connectivity index (χ3v) is 7.01. The van der Waals surface area contributed by atoms with E-state index in [1.807, 2.05) is 18.1 Å². The number of hydrogen-bond acceptors (Lipinski definition) is 3. The van der Waals surface area contributed by atoms with E-state index in [9.17, 15) is 0 Å². The van der Waals surface area contributed by atoms with Gasteiger partial charge < -0.3 is 0 Å². The van der Waals surface area contributed by atoms with Crippen molar-refractivity contribution < 1.29 is 0 Å². The fourth-order valence-corrected chi connectivity index (χ4v) is 5.52. The molecule has 0 amide bonds. The Labute approximate surface area is 172 Å².